The molecule has 9 aromatic carbocycles. The van der Waals surface area contributed by atoms with Crippen molar-refractivity contribution in [3.8, 4) is 56.4 Å². The van der Waals surface area contributed by atoms with E-state index < -0.39 is 0 Å². The smallest absolute Gasteiger partial charge is 0.164 e. The van der Waals surface area contributed by atoms with Gasteiger partial charge in [0.15, 0.2) is 17.5 Å². The van der Waals surface area contributed by atoms with Crippen LogP contribution < -0.4 is 0 Å². The van der Waals surface area contributed by atoms with Crippen LogP contribution in [0.1, 0.15) is 41.5 Å². The van der Waals surface area contributed by atoms with Crippen molar-refractivity contribution >= 4 is 32.3 Å². The highest BCUT2D eigenvalue weighted by molar-refractivity contribution is 6.26. The van der Waals surface area contributed by atoms with Gasteiger partial charge in [-0.25, -0.2) is 15.0 Å². The molecule has 0 spiro atoms. The van der Waals surface area contributed by atoms with Gasteiger partial charge in [-0.05, 0) is 120 Å². The Labute approximate surface area is 356 Å². The second-order valence-electron chi connectivity index (χ2n) is 16.2. The van der Waals surface area contributed by atoms with Crippen molar-refractivity contribution in [2.24, 2.45) is 0 Å². The molecule has 0 radical (unpaired) electrons. The second-order valence-corrected chi connectivity index (χ2v) is 16.2. The highest BCUT2D eigenvalue weighted by Crippen LogP contribution is 2.49. The third kappa shape index (κ3) is 6.79. The van der Waals surface area contributed by atoms with E-state index in [4.69, 9.17) is 15.0 Å². The highest BCUT2D eigenvalue weighted by Gasteiger charge is 2.29. The number of benzene rings is 9. The van der Waals surface area contributed by atoms with E-state index in [9.17, 15) is 0 Å². The maximum Gasteiger partial charge on any atom is 0.164 e. The molecule has 0 saturated heterocycles. The second kappa shape index (κ2) is 15.6. The molecule has 0 bridgehead atoms. The van der Waals surface area contributed by atoms with Crippen LogP contribution in [0, 0.1) is 0 Å². The Kier molecular flexibility index (Phi) is 9.35. The molecule has 10 aromatic rings. The minimum Gasteiger partial charge on any atom is -0.208 e. The van der Waals surface area contributed by atoms with Crippen LogP contribution in [0.2, 0.25) is 0 Å². The van der Waals surface area contributed by atoms with Crippen molar-refractivity contribution in [3.63, 3.8) is 0 Å². The van der Waals surface area contributed by atoms with Crippen molar-refractivity contribution in [2.45, 2.75) is 32.1 Å². The Morgan fingerprint density at radius 3 is 1.93 bits per heavy atom. The van der Waals surface area contributed by atoms with Gasteiger partial charge in [-0.2, -0.15) is 0 Å². The van der Waals surface area contributed by atoms with Gasteiger partial charge in [0.2, 0.25) is 0 Å². The Hall–Kier alpha value is -7.49. The Morgan fingerprint density at radius 1 is 0.492 bits per heavy atom. The van der Waals surface area contributed by atoms with Gasteiger partial charge in [0.1, 0.15) is 0 Å². The third-order valence-corrected chi connectivity index (χ3v) is 12.3. The number of aromatic nitrogens is 3. The van der Waals surface area contributed by atoms with Crippen molar-refractivity contribution in [1.82, 2.24) is 15.0 Å². The SMILES string of the molecule is CC/C=C\C=C/Cc1cc(-c2ccccc2)cc(-c2nc(-c3ccccc3)nc(-c3cccc(C4Cc5ccccc5-c5c4cc4ccc6cccc7ccc5c4c67)c3)n2)c1. The van der Waals surface area contributed by atoms with Gasteiger partial charge in [-0.1, -0.05) is 183 Å². The zero-order valence-corrected chi connectivity index (χ0v) is 34.1. The van der Waals surface area contributed by atoms with Crippen LogP contribution >= 0.6 is 0 Å². The number of nitrogens with zero attached hydrogens (tertiary/aromatic N) is 3. The average Bonchev–Trinajstić information content (AvgIpc) is 3.33. The van der Waals surface area contributed by atoms with Gasteiger partial charge in [-0.15, -0.1) is 0 Å². The molecule has 0 N–H and O–H groups in total. The van der Waals surface area contributed by atoms with Gasteiger partial charge in [0, 0.05) is 22.6 Å². The summed E-state index contributed by atoms with van der Waals surface area (Å²) in [5.74, 6) is 2.12. The summed E-state index contributed by atoms with van der Waals surface area (Å²) in [6.45, 7) is 2.15. The summed E-state index contributed by atoms with van der Waals surface area (Å²) >= 11 is 0. The van der Waals surface area contributed by atoms with E-state index >= 15 is 0 Å². The van der Waals surface area contributed by atoms with E-state index in [-0.39, 0.29) is 5.92 Å². The van der Waals surface area contributed by atoms with Crippen LogP contribution in [0.5, 0.6) is 0 Å². The fraction of sp³-hybridized carbons (Fsp3) is 0.0862. The Bertz CT molecular complexity index is 3270. The molecular weight excluding hydrogens is 739 g/mol. The molecule has 1 aliphatic rings. The first-order valence-electron chi connectivity index (χ1n) is 21.4. The van der Waals surface area contributed by atoms with Crippen LogP contribution in [0.25, 0.3) is 88.7 Å². The predicted molar refractivity (Wildman–Crippen MR) is 255 cm³/mol. The lowest BCUT2D eigenvalue weighted by atomic mass is 9.73. The molecule has 11 rings (SSSR count). The van der Waals surface area contributed by atoms with Crippen molar-refractivity contribution in [1.29, 1.82) is 0 Å². The normalized spacial score (nSPS) is 13.8. The molecule has 3 nitrogen and oxygen atoms in total. The zero-order valence-electron chi connectivity index (χ0n) is 34.1. The maximum atomic E-state index is 5.31. The summed E-state index contributed by atoms with van der Waals surface area (Å²) < 4.78 is 0. The molecule has 0 aliphatic heterocycles. The lowest BCUT2D eigenvalue weighted by Gasteiger charge is -2.30. The molecule has 290 valence electrons. The summed E-state index contributed by atoms with van der Waals surface area (Å²) in [6.07, 6.45) is 11.4. The summed E-state index contributed by atoms with van der Waals surface area (Å²) in [7, 11) is 0. The average molecular weight is 782 g/mol. The number of allylic oxidation sites excluding steroid dienone is 4. The lowest BCUT2D eigenvalue weighted by molar-refractivity contribution is 0.796. The van der Waals surface area contributed by atoms with Gasteiger partial charge < -0.3 is 0 Å². The zero-order chi connectivity index (χ0) is 40.7. The minimum absolute atomic E-state index is 0.145. The topological polar surface area (TPSA) is 38.7 Å². The van der Waals surface area contributed by atoms with Crippen LogP contribution in [-0.4, -0.2) is 15.0 Å². The van der Waals surface area contributed by atoms with Crippen molar-refractivity contribution in [3.05, 3.63) is 222 Å². The lowest BCUT2D eigenvalue weighted by Crippen LogP contribution is -2.13. The van der Waals surface area contributed by atoms with E-state index in [1.54, 1.807) is 0 Å². The fourth-order valence-electron chi connectivity index (χ4n) is 9.46. The molecular formula is C58H43N3. The molecule has 0 saturated carbocycles. The summed E-state index contributed by atoms with van der Waals surface area (Å²) in [5.41, 5.74) is 13.1. The monoisotopic (exact) mass is 781 g/mol. The number of hydrogen-bond acceptors (Lipinski definition) is 3. The van der Waals surface area contributed by atoms with Gasteiger partial charge in [0.25, 0.3) is 0 Å². The van der Waals surface area contributed by atoms with Crippen LogP contribution in [0.15, 0.2) is 200 Å². The first-order valence-corrected chi connectivity index (χ1v) is 21.4. The largest absolute Gasteiger partial charge is 0.208 e. The number of hydrogen-bond donors (Lipinski definition) is 0. The van der Waals surface area contributed by atoms with Gasteiger partial charge in [0.05, 0.1) is 0 Å². The molecule has 1 unspecified atom stereocenters. The first-order chi connectivity index (χ1) is 30.2. The van der Waals surface area contributed by atoms with Gasteiger partial charge >= 0.3 is 0 Å². The van der Waals surface area contributed by atoms with Crippen molar-refractivity contribution < 1.29 is 0 Å². The summed E-state index contributed by atoms with van der Waals surface area (Å²) in [5, 5.41) is 7.89. The number of fused-ring (bicyclic) bond motifs is 4. The van der Waals surface area contributed by atoms with Crippen molar-refractivity contribution in [2.75, 3.05) is 0 Å². The van der Waals surface area contributed by atoms with E-state index in [0.29, 0.717) is 17.5 Å². The van der Waals surface area contributed by atoms with E-state index in [1.165, 1.54) is 65.7 Å². The van der Waals surface area contributed by atoms with E-state index in [0.717, 1.165) is 47.1 Å². The molecule has 1 aromatic heterocycles. The fourth-order valence-corrected chi connectivity index (χ4v) is 9.46. The molecule has 0 amide bonds. The molecule has 1 aliphatic carbocycles. The maximum absolute atomic E-state index is 5.31. The standard InChI is InChI=1S/C58H43N3/c1-2-3-4-5-8-17-38-32-47(39-18-9-6-10-19-39)35-48(33-38)58-60-56(42-20-11-7-12-21-42)59-57(61-58)46-26-16-25-43(34-46)51-36-44-22-13-14-27-49(44)55-50-31-30-41-24-15-23-40-28-29-45(37-52(51)55)54(50)53(40)41/h3-16,18-35,37,51H,2,17,36H2,1H3/b4-3-,8-5-. The Morgan fingerprint density at radius 2 is 1.13 bits per heavy atom. The summed E-state index contributed by atoms with van der Waals surface area (Å²) in [4.78, 5) is 15.7. The predicted octanol–water partition coefficient (Wildman–Crippen LogP) is 14.9. The number of rotatable bonds is 9. The quantitative estimate of drug-likeness (QED) is 0.108. The Balaban J connectivity index is 1.06. The third-order valence-electron chi connectivity index (χ3n) is 12.3. The molecule has 1 heterocycles. The van der Waals surface area contributed by atoms with E-state index in [1.807, 2.05) is 18.2 Å². The van der Waals surface area contributed by atoms with Crippen LogP contribution in [0.3, 0.4) is 0 Å². The first kappa shape index (κ1) is 36.6. The molecule has 1 atom stereocenters. The summed E-state index contributed by atoms with van der Waals surface area (Å²) in [6, 6.07) is 63.9. The van der Waals surface area contributed by atoms with Crippen LogP contribution in [0.4, 0.5) is 0 Å². The van der Waals surface area contributed by atoms with Gasteiger partial charge in [-0.3, -0.25) is 0 Å². The molecule has 0 fully saturated rings. The molecule has 3 heteroatoms. The minimum atomic E-state index is 0.145. The van der Waals surface area contributed by atoms with E-state index in [2.05, 4.69) is 189 Å². The highest BCUT2D eigenvalue weighted by atomic mass is 15.0. The molecule has 61 heavy (non-hydrogen) atoms. The van der Waals surface area contributed by atoms with Crippen LogP contribution in [-0.2, 0) is 12.8 Å².